The number of likely N-dealkylation sites (tertiary alicyclic amines) is 1. The van der Waals surface area contributed by atoms with Crippen LogP contribution in [0.15, 0.2) is 0 Å². The van der Waals surface area contributed by atoms with Gasteiger partial charge in [0.05, 0.1) is 0 Å². The van der Waals surface area contributed by atoms with Crippen LogP contribution in [-0.4, -0.2) is 36.5 Å². The highest BCUT2D eigenvalue weighted by atomic mass is 16.2. The molecule has 0 saturated carbocycles. The summed E-state index contributed by atoms with van der Waals surface area (Å²) in [6.45, 7) is 11.5. The summed E-state index contributed by atoms with van der Waals surface area (Å²) in [5.41, 5.74) is 0. The molecule has 1 amide bonds. The molecule has 1 fully saturated rings. The second-order valence-corrected chi connectivity index (χ2v) is 5.76. The van der Waals surface area contributed by atoms with Crippen LogP contribution in [0, 0.1) is 11.8 Å². The van der Waals surface area contributed by atoms with Gasteiger partial charge in [-0.2, -0.15) is 0 Å². The normalized spacial score (nSPS) is 26.1. The lowest BCUT2D eigenvalue weighted by molar-refractivity contribution is -0.137. The monoisotopic (exact) mass is 254 g/mol. The molecule has 3 atom stereocenters. The summed E-state index contributed by atoms with van der Waals surface area (Å²) in [5.74, 6) is 1.14. The van der Waals surface area contributed by atoms with Crippen LogP contribution in [0.5, 0.6) is 0 Å². The molecule has 1 rings (SSSR count). The molecule has 0 spiro atoms. The number of carbonyl (C=O) groups is 1. The molecule has 18 heavy (non-hydrogen) atoms. The van der Waals surface area contributed by atoms with E-state index in [1.54, 1.807) is 0 Å². The van der Waals surface area contributed by atoms with Crippen molar-refractivity contribution in [1.82, 2.24) is 10.2 Å². The van der Waals surface area contributed by atoms with E-state index in [9.17, 15) is 4.79 Å². The van der Waals surface area contributed by atoms with Crippen LogP contribution in [0.4, 0.5) is 0 Å². The second kappa shape index (κ2) is 7.78. The number of rotatable bonds is 6. The van der Waals surface area contributed by atoms with Gasteiger partial charge in [-0.05, 0) is 25.3 Å². The summed E-state index contributed by atoms with van der Waals surface area (Å²) in [6, 6.07) is 0.588. The molecular formula is C15H30N2O. The van der Waals surface area contributed by atoms with Crippen molar-refractivity contribution in [2.75, 3.05) is 19.6 Å². The standard InChI is InChI=1S/C15H30N2O/c1-5-7-8-12(3)15(18)17-10-9-14(16-6-2)13(4)11-17/h12-14,16H,5-11H2,1-4H3. The van der Waals surface area contributed by atoms with Gasteiger partial charge in [0.1, 0.15) is 0 Å². The summed E-state index contributed by atoms with van der Waals surface area (Å²) in [5, 5.41) is 3.52. The average molecular weight is 254 g/mol. The lowest BCUT2D eigenvalue weighted by atomic mass is 9.92. The Bertz CT molecular complexity index is 255. The molecule has 0 aromatic carbocycles. The molecule has 1 heterocycles. The minimum atomic E-state index is 0.202. The molecule has 0 aromatic rings. The highest BCUT2D eigenvalue weighted by molar-refractivity contribution is 5.78. The van der Waals surface area contributed by atoms with Gasteiger partial charge in [-0.25, -0.2) is 0 Å². The Morgan fingerprint density at radius 3 is 2.72 bits per heavy atom. The Morgan fingerprint density at radius 1 is 1.44 bits per heavy atom. The number of unbranched alkanes of at least 4 members (excludes halogenated alkanes) is 1. The van der Waals surface area contributed by atoms with Crippen molar-refractivity contribution in [3.05, 3.63) is 0 Å². The summed E-state index contributed by atoms with van der Waals surface area (Å²) in [7, 11) is 0. The first kappa shape index (κ1) is 15.5. The van der Waals surface area contributed by atoms with Gasteiger partial charge >= 0.3 is 0 Å². The van der Waals surface area contributed by atoms with E-state index in [4.69, 9.17) is 0 Å². The van der Waals surface area contributed by atoms with Crippen molar-refractivity contribution >= 4 is 5.91 Å². The maximum atomic E-state index is 12.3. The molecule has 0 radical (unpaired) electrons. The molecule has 0 bridgehead atoms. The average Bonchev–Trinajstić information content (AvgIpc) is 2.37. The fourth-order valence-corrected chi connectivity index (χ4v) is 2.86. The van der Waals surface area contributed by atoms with Crippen molar-refractivity contribution in [2.45, 2.75) is 59.4 Å². The first-order chi connectivity index (χ1) is 8.60. The van der Waals surface area contributed by atoms with Gasteiger partial charge in [0, 0.05) is 25.0 Å². The van der Waals surface area contributed by atoms with E-state index in [0.717, 1.165) is 38.9 Å². The predicted molar refractivity (Wildman–Crippen MR) is 76.5 cm³/mol. The van der Waals surface area contributed by atoms with Crippen molar-refractivity contribution in [2.24, 2.45) is 11.8 Å². The largest absolute Gasteiger partial charge is 0.342 e. The molecule has 1 N–H and O–H groups in total. The van der Waals surface area contributed by atoms with E-state index in [0.29, 0.717) is 17.9 Å². The fraction of sp³-hybridized carbons (Fsp3) is 0.933. The predicted octanol–water partition coefficient (Wildman–Crippen LogP) is 2.66. The third-order valence-electron chi connectivity index (χ3n) is 4.10. The fourth-order valence-electron chi connectivity index (χ4n) is 2.86. The van der Waals surface area contributed by atoms with Crippen LogP contribution in [0.2, 0.25) is 0 Å². The van der Waals surface area contributed by atoms with E-state index in [1.807, 2.05) is 0 Å². The topological polar surface area (TPSA) is 32.3 Å². The maximum Gasteiger partial charge on any atom is 0.225 e. The van der Waals surface area contributed by atoms with Gasteiger partial charge in [0.25, 0.3) is 0 Å². The van der Waals surface area contributed by atoms with Crippen molar-refractivity contribution < 1.29 is 4.79 Å². The van der Waals surface area contributed by atoms with E-state index in [-0.39, 0.29) is 5.92 Å². The minimum Gasteiger partial charge on any atom is -0.342 e. The Labute approximate surface area is 112 Å². The molecule has 1 aliphatic heterocycles. The zero-order valence-corrected chi connectivity index (χ0v) is 12.5. The minimum absolute atomic E-state index is 0.202. The van der Waals surface area contributed by atoms with Crippen molar-refractivity contribution in [1.29, 1.82) is 0 Å². The van der Waals surface area contributed by atoms with E-state index in [1.165, 1.54) is 6.42 Å². The number of hydrogen-bond donors (Lipinski definition) is 1. The Kier molecular flexibility index (Phi) is 6.69. The molecule has 1 aliphatic rings. The smallest absolute Gasteiger partial charge is 0.225 e. The summed E-state index contributed by atoms with van der Waals surface area (Å²) >= 11 is 0. The van der Waals surface area contributed by atoms with Gasteiger partial charge in [0.15, 0.2) is 0 Å². The van der Waals surface area contributed by atoms with Crippen LogP contribution in [0.25, 0.3) is 0 Å². The van der Waals surface area contributed by atoms with Crippen LogP contribution in [-0.2, 0) is 4.79 Å². The summed E-state index contributed by atoms with van der Waals surface area (Å²) in [6.07, 6.45) is 4.48. The quantitative estimate of drug-likeness (QED) is 0.790. The maximum absolute atomic E-state index is 12.3. The Hall–Kier alpha value is -0.570. The van der Waals surface area contributed by atoms with Crippen LogP contribution >= 0.6 is 0 Å². The first-order valence-electron chi connectivity index (χ1n) is 7.62. The lowest BCUT2D eigenvalue weighted by Gasteiger charge is -2.38. The number of amides is 1. The molecule has 106 valence electrons. The lowest BCUT2D eigenvalue weighted by Crippen LogP contribution is -2.51. The van der Waals surface area contributed by atoms with Crippen molar-refractivity contribution in [3.63, 3.8) is 0 Å². The SMILES string of the molecule is CCCCC(C)C(=O)N1CCC(NCC)C(C)C1. The Morgan fingerprint density at radius 2 is 2.17 bits per heavy atom. The molecule has 3 unspecified atom stereocenters. The molecule has 0 aromatic heterocycles. The zero-order valence-electron chi connectivity index (χ0n) is 12.5. The van der Waals surface area contributed by atoms with E-state index >= 15 is 0 Å². The number of nitrogens with zero attached hydrogens (tertiary/aromatic N) is 1. The van der Waals surface area contributed by atoms with E-state index < -0.39 is 0 Å². The van der Waals surface area contributed by atoms with Crippen LogP contribution in [0.3, 0.4) is 0 Å². The molecular weight excluding hydrogens is 224 g/mol. The zero-order chi connectivity index (χ0) is 13.5. The van der Waals surface area contributed by atoms with Crippen molar-refractivity contribution in [3.8, 4) is 0 Å². The van der Waals surface area contributed by atoms with Gasteiger partial charge < -0.3 is 10.2 Å². The first-order valence-corrected chi connectivity index (χ1v) is 7.62. The van der Waals surface area contributed by atoms with Gasteiger partial charge in [-0.1, -0.05) is 40.5 Å². The number of nitrogens with one attached hydrogen (secondary N) is 1. The van der Waals surface area contributed by atoms with Gasteiger partial charge in [-0.3, -0.25) is 4.79 Å². The molecule has 0 aliphatic carbocycles. The van der Waals surface area contributed by atoms with Gasteiger partial charge in [-0.15, -0.1) is 0 Å². The summed E-state index contributed by atoms with van der Waals surface area (Å²) in [4.78, 5) is 14.4. The highest BCUT2D eigenvalue weighted by Gasteiger charge is 2.29. The number of carbonyl (C=O) groups excluding carboxylic acids is 1. The van der Waals surface area contributed by atoms with Crippen LogP contribution in [0.1, 0.15) is 53.4 Å². The molecule has 1 saturated heterocycles. The summed E-state index contributed by atoms with van der Waals surface area (Å²) < 4.78 is 0. The van der Waals surface area contributed by atoms with Gasteiger partial charge in [0.2, 0.25) is 5.91 Å². The molecule has 3 heteroatoms. The van der Waals surface area contributed by atoms with E-state index in [2.05, 4.69) is 37.9 Å². The third-order valence-corrected chi connectivity index (χ3v) is 4.10. The number of piperidine rings is 1. The number of hydrogen-bond acceptors (Lipinski definition) is 2. The Balaban J connectivity index is 2.42. The highest BCUT2D eigenvalue weighted by Crippen LogP contribution is 2.20. The third kappa shape index (κ3) is 4.27. The molecule has 3 nitrogen and oxygen atoms in total. The van der Waals surface area contributed by atoms with Crippen LogP contribution < -0.4 is 5.32 Å². The second-order valence-electron chi connectivity index (χ2n) is 5.76.